The van der Waals surface area contributed by atoms with Crippen LogP contribution in [0.15, 0.2) is 6.07 Å². The maximum absolute atomic E-state index is 11.6. The zero-order valence-corrected chi connectivity index (χ0v) is 11.9. The summed E-state index contributed by atoms with van der Waals surface area (Å²) in [5, 5.41) is 6.00. The van der Waals surface area contributed by atoms with Crippen LogP contribution in [0, 0.1) is 0 Å². The summed E-state index contributed by atoms with van der Waals surface area (Å²) in [5.74, 6) is 1.85. The number of rotatable bonds is 7. The number of nitrogens with zero attached hydrogens (tertiary/aromatic N) is 2. The van der Waals surface area contributed by atoms with Crippen LogP contribution < -0.4 is 16.4 Å². The lowest BCUT2D eigenvalue weighted by atomic mass is 10.2. The molecule has 0 saturated heterocycles. The summed E-state index contributed by atoms with van der Waals surface area (Å²) in [6.45, 7) is 6.53. The number of nitrogen functional groups attached to an aromatic ring is 1. The number of aromatic nitrogens is 2. The van der Waals surface area contributed by atoms with Gasteiger partial charge in [-0.3, -0.25) is 4.79 Å². The van der Waals surface area contributed by atoms with Gasteiger partial charge in [-0.2, -0.15) is 0 Å². The molecule has 0 aromatic carbocycles. The Kier molecular flexibility index (Phi) is 6.05. The van der Waals surface area contributed by atoms with Gasteiger partial charge in [0.15, 0.2) is 0 Å². The van der Waals surface area contributed by atoms with Crippen LogP contribution in [0.5, 0.6) is 0 Å². The summed E-state index contributed by atoms with van der Waals surface area (Å²) >= 11 is 0. The van der Waals surface area contributed by atoms with Gasteiger partial charge in [0.05, 0.1) is 0 Å². The molecular formula is C13H23N5O. The second-order valence-corrected chi connectivity index (χ2v) is 4.50. The number of nitrogens with two attached hydrogens (primary N) is 1. The smallest absolute Gasteiger partial charge is 0.221 e. The summed E-state index contributed by atoms with van der Waals surface area (Å²) in [7, 11) is 0. The number of carbonyl (C=O) groups excluding carboxylic acids is 1. The first-order valence-electron chi connectivity index (χ1n) is 6.71. The average Bonchev–Trinajstić information content (AvgIpc) is 2.37. The molecule has 4 N–H and O–H groups in total. The third kappa shape index (κ3) is 5.54. The Morgan fingerprint density at radius 3 is 2.79 bits per heavy atom. The van der Waals surface area contributed by atoms with Crippen molar-refractivity contribution in [1.82, 2.24) is 15.3 Å². The fourth-order valence-corrected chi connectivity index (χ4v) is 1.52. The number of hydrogen-bond acceptors (Lipinski definition) is 5. The molecule has 6 heteroatoms. The molecule has 0 aliphatic carbocycles. The van der Waals surface area contributed by atoms with Gasteiger partial charge < -0.3 is 16.4 Å². The number of anilines is 2. The van der Waals surface area contributed by atoms with Crippen molar-refractivity contribution in [2.45, 2.75) is 46.1 Å². The monoisotopic (exact) mass is 265 g/mol. The molecule has 0 spiro atoms. The van der Waals surface area contributed by atoms with E-state index in [2.05, 4.69) is 20.6 Å². The Bertz CT molecular complexity index is 421. The minimum atomic E-state index is 0.0413. The van der Waals surface area contributed by atoms with Gasteiger partial charge in [-0.15, -0.1) is 0 Å². The molecule has 1 heterocycles. The van der Waals surface area contributed by atoms with E-state index in [-0.39, 0.29) is 11.9 Å². The molecule has 6 nitrogen and oxygen atoms in total. The topological polar surface area (TPSA) is 92.9 Å². The van der Waals surface area contributed by atoms with E-state index in [4.69, 9.17) is 5.73 Å². The average molecular weight is 265 g/mol. The minimum Gasteiger partial charge on any atom is -0.384 e. The van der Waals surface area contributed by atoms with Crippen LogP contribution >= 0.6 is 0 Å². The highest BCUT2D eigenvalue weighted by atomic mass is 16.1. The molecule has 1 aromatic heterocycles. The summed E-state index contributed by atoms with van der Waals surface area (Å²) in [6.07, 6.45) is 2.07. The van der Waals surface area contributed by atoms with Crippen LogP contribution in [-0.4, -0.2) is 28.5 Å². The predicted molar refractivity (Wildman–Crippen MR) is 76.8 cm³/mol. The number of amides is 1. The molecule has 1 rings (SSSR count). The number of hydrogen-bond donors (Lipinski definition) is 3. The standard InChI is InChI=1S/C13H23N5O/c1-4-9(3)16-13(19)6-7-15-12-8-10(14)17-11(5-2)18-12/h8-9H,4-7H2,1-3H3,(H,16,19)(H3,14,15,17,18). The van der Waals surface area contributed by atoms with Gasteiger partial charge in [0, 0.05) is 31.5 Å². The highest BCUT2D eigenvalue weighted by Crippen LogP contribution is 2.08. The van der Waals surface area contributed by atoms with Crippen LogP contribution in [0.1, 0.15) is 39.4 Å². The third-order valence-electron chi connectivity index (χ3n) is 2.79. The van der Waals surface area contributed by atoms with E-state index in [0.29, 0.717) is 30.4 Å². The number of aryl methyl sites for hydroxylation is 1. The van der Waals surface area contributed by atoms with Gasteiger partial charge in [-0.1, -0.05) is 13.8 Å². The van der Waals surface area contributed by atoms with Gasteiger partial charge in [0.1, 0.15) is 17.5 Å². The van der Waals surface area contributed by atoms with Crippen molar-refractivity contribution >= 4 is 17.5 Å². The molecule has 1 amide bonds. The first-order valence-corrected chi connectivity index (χ1v) is 6.71. The van der Waals surface area contributed by atoms with E-state index in [1.165, 1.54) is 0 Å². The molecule has 0 aliphatic rings. The molecule has 1 aromatic rings. The van der Waals surface area contributed by atoms with Crippen molar-refractivity contribution in [3.8, 4) is 0 Å². The van der Waals surface area contributed by atoms with E-state index >= 15 is 0 Å². The molecule has 106 valence electrons. The van der Waals surface area contributed by atoms with E-state index in [0.717, 1.165) is 12.8 Å². The zero-order chi connectivity index (χ0) is 14.3. The van der Waals surface area contributed by atoms with Crippen molar-refractivity contribution in [1.29, 1.82) is 0 Å². The highest BCUT2D eigenvalue weighted by Gasteiger charge is 2.06. The zero-order valence-electron chi connectivity index (χ0n) is 11.9. The van der Waals surface area contributed by atoms with E-state index < -0.39 is 0 Å². The van der Waals surface area contributed by atoms with Crippen molar-refractivity contribution in [3.63, 3.8) is 0 Å². The molecule has 19 heavy (non-hydrogen) atoms. The Morgan fingerprint density at radius 2 is 2.16 bits per heavy atom. The molecule has 0 bridgehead atoms. The molecule has 0 aliphatic heterocycles. The molecule has 0 radical (unpaired) electrons. The van der Waals surface area contributed by atoms with Crippen molar-refractivity contribution in [3.05, 3.63) is 11.9 Å². The van der Waals surface area contributed by atoms with Gasteiger partial charge >= 0.3 is 0 Å². The Hall–Kier alpha value is -1.85. The van der Waals surface area contributed by atoms with Crippen molar-refractivity contribution < 1.29 is 4.79 Å². The fraction of sp³-hybridized carbons (Fsp3) is 0.615. The van der Waals surface area contributed by atoms with Gasteiger partial charge in [0.25, 0.3) is 0 Å². The van der Waals surface area contributed by atoms with Crippen LogP contribution in [0.2, 0.25) is 0 Å². The predicted octanol–water partition coefficient (Wildman–Crippen LogP) is 1.34. The number of carbonyl (C=O) groups is 1. The first kappa shape index (κ1) is 15.2. The Labute approximate surface area is 114 Å². The van der Waals surface area contributed by atoms with E-state index in [1.807, 2.05) is 20.8 Å². The van der Waals surface area contributed by atoms with Gasteiger partial charge in [-0.05, 0) is 13.3 Å². The van der Waals surface area contributed by atoms with E-state index in [9.17, 15) is 4.79 Å². The fourth-order valence-electron chi connectivity index (χ4n) is 1.52. The third-order valence-corrected chi connectivity index (χ3v) is 2.79. The lowest BCUT2D eigenvalue weighted by Gasteiger charge is -2.12. The maximum atomic E-state index is 11.6. The lowest BCUT2D eigenvalue weighted by Crippen LogP contribution is -2.33. The number of nitrogens with one attached hydrogen (secondary N) is 2. The van der Waals surface area contributed by atoms with Crippen molar-refractivity contribution in [2.75, 3.05) is 17.6 Å². The molecular weight excluding hydrogens is 242 g/mol. The SMILES string of the molecule is CCc1nc(N)cc(NCCC(=O)NC(C)CC)n1. The maximum Gasteiger partial charge on any atom is 0.221 e. The molecule has 0 fully saturated rings. The van der Waals surface area contributed by atoms with Gasteiger partial charge in [-0.25, -0.2) is 9.97 Å². The molecule has 1 unspecified atom stereocenters. The van der Waals surface area contributed by atoms with Crippen LogP contribution in [0.4, 0.5) is 11.6 Å². The Morgan fingerprint density at radius 1 is 1.42 bits per heavy atom. The molecule has 1 atom stereocenters. The quantitative estimate of drug-likeness (QED) is 0.691. The van der Waals surface area contributed by atoms with Crippen LogP contribution in [0.25, 0.3) is 0 Å². The largest absolute Gasteiger partial charge is 0.384 e. The first-order chi connectivity index (χ1) is 9.05. The molecule has 0 saturated carbocycles. The summed E-state index contributed by atoms with van der Waals surface area (Å²) in [5.41, 5.74) is 5.68. The summed E-state index contributed by atoms with van der Waals surface area (Å²) in [4.78, 5) is 20.0. The van der Waals surface area contributed by atoms with Crippen LogP contribution in [0.3, 0.4) is 0 Å². The highest BCUT2D eigenvalue weighted by molar-refractivity contribution is 5.76. The normalized spacial score (nSPS) is 11.9. The minimum absolute atomic E-state index is 0.0413. The second kappa shape index (κ2) is 7.56. The summed E-state index contributed by atoms with van der Waals surface area (Å²) < 4.78 is 0. The summed E-state index contributed by atoms with van der Waals surface area (Å²) in [6, 6.07) is 1.89. The van der Waals surface area contributed by atoms with Crippen molar-refractivity contribution in [2.24, 2.45) is 0 Å². The van der Waals surface area contributed by atoms with Crippen LogP contribution in [-0.2, 0) is 11.2 Å². The van der Waals surface area contributed by atoms with E-state index in [1.54, 1.807) is 6.07 Å². The lowest BCUT2D eigenvalue weighted by molar-refractivity contribution is -0.121. The Balaban J connectivity index is 2.40. The second-order valence-electron chi connectivity index (χ2n) is 4.50. The van der Waals surface area contributed by atoms with Gasteiger partial charge in [0.2, 0.25) is 5.91 Å².